The Labute approximate surface area is 100 Å². The summed E-state index contributed by atoms with van der Waals surface area (Å²) < 4.78 is 38.9. The third-order valence-corrected chi connectivity index (χ3v) is 2.97. The first kappa shape index (κ1) is 14.0. The average Bonchev–Trinajstić information content (AvgIpc) is 2.25. The van der Waals surface area contributed by atoms with Crippen molar-refractivity contribution in [2.24, 2.45) is 5.41 Å². The van der Waals surface area contributed by atoms with Crippen LogP contribution in [-0.4, -0.2) is 6.54 Å². The largest absolute Gasteiger partial charge is 0.312 e. The van der Waals surface area contributed by atoms with Gasteiger partial charge in [-0.1, -0.05) is 20.8 Å². The Kier molecular flexibility index (Phi) is 4.57. The fourth-order valence-electron chi connectivity index (χ4n) is 1.36. The van der Waals surface area contributed by atoms with Crippen molar-refractivity contribution < 1.29 is 13.2 Å². The molecule has 4 heteroatoms. The van der Waals surface area contributed by atoms with Crippen LogP contribution in [0.5, 0.6) is 0 Å². The van der Waals surface area contributed by atoms with E-state index >= 15 is 0 Å². The molecule has 1 aromatic carbocycles. The Balaban J connectivity index is 2.61. The molecule has 17 heavy (non-hydrogen) atoms. The van der Waals surface area contributed by atoms with Gasteiger partial charge in [0, 0.05) is 24.7 Å². The van der Waals surface area contributed by atoms with Gasteiger partial charge in [-0.15, -0.1) is 0 Å². The molecule has 0 aliphatic carbocycles. The molecule has 0 aliphatic heterocycles. The Morgan fingerprint density at radius 3 is 2.24 bits per heavy atom. The molecule has 0 unspecified atom stereocenters. The van der Waals surface area contributed by atoms with E-state index in [9.17, 15) is 13.2 Å². The molecule has 0 spiro atoms. The summed E-state index contributed by atoms with van der Waals surface area (Å²) in [6.45, 7) is 7.14. The van der Waals surface area contributed by atoms with Crippen molar-refractivity contribution in [3.05, 3.63) is 35.1 Å². The Hall–Kier alpha value is -1.03. The highest BCUT2D eigenvalue weighted by Gasteiger charge is 2.15. The zero-order valence-electron chi connectivity index (χ0n) is 10.4. The van der Waals surface area contributed by atoms with Gasteiger partial charge in [0.1, 0.15) is 5.82 Å². The molecule has 0 saturated heterocycles. The molecule has 0 radical (unpaired) electrons. The molecule has 1 aromatic rings. The first-order valence-electron chi connectivity index (χ1n) is 5.70. The molecule has 0 atom stereocenters. The van der Waals surface area contributed by atoms with Gasteiger partial charge in [-0.3, -0.25) is 0 Å². The first-order chi connectivity index (χ1) is 7.85. The van der Waals surface area contributed by atoms with Crippen molar-refractivity contribution in [2.75, 3.05) is 6.54 Å². The quantitative estimate of drug-likeness (QED) is 0.781. The highest BCUT2D eigenvalue weighted by Crippen LogP contribution is 2.18. The van der Waals surface area contributed by atoms with Crippen LogP contribution < -0.4 is 5.32 Å². The molecule has 0 amide bonds. The van der Waals surface area contributed by atoms with E-state index in [1.807, 2.05) is 0 Å². The molecule has 0 fully saturated rings. The summed E-state index contributed by atoms with van der Waals surface area (Å²) in [5.41, 5.74) is 0.255. The highest BCUT2D eigenvalue weighted by molar-refractivity contribution is 5.19. The normalized spacial score (nSPS) is 11.9. The summed E-state index contributed by atoms with van der Waals surface area (Å²) in [5, 5.41) is 3.05. The van der Waals surface area contributed by atoms with Gasteiger partial charge in [-0.05, 0) is 17.9 Å². The molecule has 0 bridgehead atoms. The van der Waals surface area contributed by atoms with Crippen molar-refractivity contribution in [2.45, 2.75) is 33.7 Å². The fourth-order valence-corrected chi connectivity index (χ4v) is 1.36. The maximum absolute atomic E-state index is 13.3. The van der Waals surface area contributed by atoms with Gasteiger partial charge in [-0.25, -0.2) is 13.2 Å². The second-order valence-corrected chi connectivity index (χ2v) is 4.98. The number of nitrogens with one attached hydrogen (secondary N) is 1. The molecule has 1 rings (SSSR count). The number of hydrogen-bond acceptors (Lipinski definition) is 1. The number of rotatable bonds is 5. The van der Waals surface area contributed by atoms with E-state index in [1.54, 1.807) is 0 Å². The number of hydrogen-bond donors (Lipinski definition) is 1. The Morgan fingerprint density at radius 2 is 1.65 bits per heavy atom. The molecular formula is C13H18F3N. The van der Waals surface area contributed by atoms with Crippen LogP contribution in [0.15, 0.2) is 12.1 Å². The number of benzene rings is 1. The molecule has 1 nitrogen and oxygen atoms in total. The molecule has 0 aliphatic rings. The summed E-state index contributed by atoms with van der Waals surface area (Å²) in [6, 6.07) is 1.48. The van der Waals surface area contributed by atoms with E-state index in [1.165, 1.54) is 0 Å². The number of halogens is 3. The lowest BCUT2D eigenvalue weighted by atomic mass is 9.90. The SMILES string of the molecule is CCC(C)(C)CNCc1cc(F)c(F)cc1F. The molecular weight excluding hydrogens is 227 g/mol. The second kappa shape index (κ2) is 5.54. The van der Waals surface area contributed by atoms with Gasteiger partial charge in [0.15, 0.2) is 11.6 Å². The maximum Gasteiger partial charge on any atom is 0.161 e. The van der Waals surface area contributed by atoms with Crippen molar-refractivity contribution in [1.82, 2.24) is 5.32 Å². The summed E-state index contributed by atoms with van der Waals surface area (Å²) in [4.78, 5) is 0. The van der Waals surface area contributed by atoms with Gasteiger partial charge in [0.2, 0.25) is 0 Å². The predicted octanol–water partition coefficient (Wildman–Crippen LogP) is 3.63. The third-order valence-electron chi connectivity index (χ3n) is 2.97. The smallest absolute Gasteiger partial charge is 0.161 e. The van der Waals surface area contributed by atoms with Crippen molar-refractivity contribution in [3.63, 3.8) is 0 Å². The molecule has 0 heterocycles. The molecule has 96 valence electrons. The minimum Gasteiger partial charge on any atom is -0.312 e. The van der Waals surface area contributed by atoms with Crippen molar-refractivity contribution >= 4 is 0 Å². The lowest BCUT2D eigenvalue weighted by Crippen LogP contribution is -2.28. The van der Waals surface area contributed by atoms with E-state index in [0.29, 0.717) is 12.6 Å². The average molecular weight is 245 g/mol. The Bertz CT molecular complexity index is 388. The zero-order chi connectivity index (χ0) is 13.1. The topological polar surface area (TPSA) is 12.0 Å². The van der Waals surface area contributed by atoms with Gasteiger partial charge in [0.25, 0.3) is 0 Å². The summed E-state index contributed by atoms with van der Waals surface area (Å²) in [6.07, 6.45) is 0.986. The van der Waals surface area contributed by atoms with Crippen LogP contribution in [0, 0.1) is 22.9 Å². The van der Waals surface area contributed by atoms with Gasteiger partial charge < -0.3 is 5.32 Å². The fraction of sp³-hybridized carbons (Fsp3) is 0.538. The standard InChI is InChI=1S/C13H18F3N/c1-4-13(2,3)8-17-7-9-5-11(15)12(16)6-10(9)14/h5-6,17H,4,7-8H2,1-3H3. The van der Waals surface area contributed by atoms with Crippen molar-refractivity contribution in [1.29, 1.82) is 0 Å². The van der Waals surface area contributed by atoms with Crippen molar-refractivity contribution in [3.8, 4) is 0 Å². The monoisotopic (exact) mass is 245 g/mol. The van der Waals surface area contributed by atoms with Crippen LogP contribution in [-0.2, 0) is 6.54 Å². The van der Waals surface area contributed by atoms with Gasteiger partial charge >= 0.3 is 0 Å². The van der Waals surface area contributed by atoms with Gasteiger partial charge in [-0.2, -0.15) is 0 Å². The molecule has 1 N–H and O–H groups in total. The Morgan fingerprint density at radius 1 is 1.06 bits per heavy atom. The second-order valence-electron chi connectivity index (χ2n) is 4.98. The third kappa shape index (κ3) is 4.04. The maximum atomic E-state index is 13.3. The van der Waals surface area contributed by atoms with Crippen LogP contribution in [0.3, 0.4) is 0 Å². The van der Waals surface area contributed by atoms with Gasteiger partial charge in [0.05, 0.1) is 0 Å². The highest BCUT2D eigenvalue weighted by atomic mass is 19.2. The summed E-state index contributed by atoms with van der Waals surface area (Å²) in [5.74, 6) is -2.89. The minimum absolute atomic E-state index is 0.106. The zero-order valence-corrected chi connectivity index (χ0v) is 10.4. The van der Waals surface area contributed by atoms with Crippen LogP contribution in [0.25, 0.3) is 0 Å². The van der Waals surface area contributed by atoms with E-state index in [4.69, 9.17) is 0 Å². The van der Waals surface area contributed by atoms with Crippen LogP contribution in [0.1, 0.15) is 32.8 Å². The van der Waals surface area contributed by atoms with E-state index in [0.717, 1.165) is 12.5 Å². The van der Waals surface area contributed by atoms with Crippen LogP contribution in [0.4, 0.5) is 13.2 Å². The lowest BCUT2D eigenvalue weighted by Gasteiger charge is -2.23. The lowest BCUT2D eigenvalue weighted by molar-refractivity contribution is 0.326. The van der Waals surface area contributed by atoms with Crippen LogP contribution in [0.2, 0.25) is 0 Å². The van der Waals surface area contributed by atoms with E-state index in [-0.39, 0.29) is 17.5 Å². The first-order valence-corrected chi connectivity index (χ1v) is 5.70. The van der Waals surface area contributed by atoms with Crippen LogP contribution >= 0.6 is 0 Å². The van der Waals surface area contributed by atoms with E-state index in [2.05, 4.69) is 26.1 Å². The molecule has 0 aromatic heterocycles. The minimum atomic E-state index is -1.15. The summed E-state index contributed by atoms with van der Waals surface area (Å²) in [7, 11) is 0. The van der Waals surface area contributed by atoms with E-state index < -0.39 is 17.5 Å². The predicted molar refractivity (Wildman–Crippen MR) is 62.1 cm³/mol. The summed E-state index contributed by atoms with van der Waals surface area (Å²) >= 11 is 0. The molecule has 0 saturated carbocycles.